The van der Waals surface area contributed by atoms with Gasteiger partial charge in [0.2, 0.25) is 5.78 Å². The molecule has 2 aromatic carbocycles. The van der Waals surface area contributed by atoms with Gasteiger partial charge in [0.15, 0.2) is 5.76 Å². The first kappa shape index (κ1) is 21.0. The van der Waals surface area contributed by atoms with Gasteiger partial charge in [-0.3, -0.25) is 9.69 Å². The number of Topliss-reactive ketones (excluding diaryl/α,β-unsaturated/α-hetero) is 1. The first-order valence-corrected chi connectivity index (χ1v) is 9.60. The minimum Gasteiger partial charge on any atom is -0.507 e. The fraction of sp³-hybridized carbons (Fsp3) is 0.348. The molecule has 6 nitrogen and oxygen atoms in total. The van der Waals surface area contributed by atoms with E-state index < -0.39 is 0 Å². The molecule has 1 aliphatic heterocycles. The van der Waals surface area contributed by atoms with Gasteiger partial charge in [0.1, 0.15) is 11.5 Å². The number of carbonyl (C=O) groups is 1. The van der Waals surface area contributed by atoms with Crippen molar-refractivity contribution in [3.63, 3.8) is 0 Å². The Bertz CT molecular complexity index is 898. The molecule has 154 valence electrons. The van der Waals surface area contributed by atoms with Crippen LogP contribution in [0.2, 0.25) is 0 Å². The molecule has 0 unspecified atom stereocenters. The van der Waals surface area contributed by atoms with Crippen LogP contribution in [0.25, 0.3) is 6.08 Å². The van der Waals surface area contributed by atoms with Crippen LogP contribution in [0.4, 0.5) is 0 Å². The maximum Gasteiger partial charge on any atom is 0.231 e. The van der Waals surface area contributed by atoms with E-state index >= 15 is 0 Å². The number of hydrogen-bond acceptors (Lipinski definition) is 6. The average molecular weight is 397 g/mol. The zero-order valence-corrected chi connectivity index (χ0v) is 17.1. The summed E-state index contributed by atoms with van der Waals surface area (Å²) in [4.78, 5) is 15.0. The van der Waals surface area contributed by atoms with E-state index in [1.807, 2.05) is 31.2 Å². The van der Waals surface area contributed by atoms with E-state index in [1.54, 1.807) is 32.4 Å². The van der Waals surface area contributed by atoms with Crippen LogP contribution in [0.3, 0.4) is 0 Å². The van der Waals surface area contributed by atoms with Gasteiger partial charge < -0.3 is 19.3 Å². The van der Waals surface area contributed by atoms with E-state index in [0.29, 0.717) is 49.7 Å². The number of ether oxygens (including phenoxy) is 3. The number of methoxy groups -OCH3 is 2. The largest absolute Gasteiger partial charge is 0.507 e. The Labute approximate surface area is 171 Å². The molecule has 0 aromatic heterocycles. The number of fused-ring (bicyclic) bond motifs is 1. The van der Waals surface area contributed by atoms with Crippen molar-refractivity contribution in [1.82, 2.24) is 4.90 Å². The van der Waals surface area contributed by atoms with Crippen molar-refractivity contribution in [2.24, 2.45) is 0 Å². The number of phenolic OH excluding ortho intramolecular Hbond substituents is 1. The Balaban J connectivity index is 1.90. The summed E-state index contributed by atoms with van der Waals surface area (Å²) >= 11 is 0. The van der Waals surface area contributed by atoms with E-state index in [9.17, 15) is 9.90 Å². The third kappa shape index (κ3) is 4.85. The van der Waals surface area contributed by atoms with E-state index in [0.717, 1.165) is 11.1 Å². The summed E-state index contributed by atoms with van der Waals surface area (Å²) in [6.07, 6.45) is 1.76. The first-order chi connectivity index (χ1) is 14.0. The molecule has 3 rings (SSSR count). The van der Waals surface area contributed by atoms with Crippen molar-refractivity contribution in [2.75, 3.05) is 40.5 Å². The number of nitrogens with zero attached hydrogens (tertiary/aromatic N) is 1. The van der Waals surface area contributed by atoms with E-state index in [4.69, 9.17) is 14.2 Å². The van der Waals surface area contributed by atoms with Crippen LogP contribution in [0.15, 0.2) is 42.2 Å². The van der Waals surface area contributed by atoms with Gasteiger partial charge in [-0.25, -0.2) is 0 Å². The molecular weight excluding hydrogens is 370 g/mol. The second-order valence-electron chi connectivity index (χ2n) is 7.00. The fourth-order valence-electron chi connectivity index (χ4n) is 3.27. The Morgan fingerprint density at radius 1 is 1.07 bits per heavy atom. The summed E-state index contributed by atoms with van der Waals surface area (Å²) in [7, 11) is 3.30. The van der Waals surface area contributed by atoms with Gasteiger partial charge >= 0.3 is 0 Å². The zero-order valence-electron chi connectivity index (χ0n) is 17.1. The highest BCUT2D eigenvalue weighted by molar-refractivity contribution is 6.15. The highest BCUT2D eigenvalue weighted by atomic mass is 16.5. The Morgan fingerprint density at radius 2 is 1.76 bits per heavy atom. The maximum absolute atomic E-state index is 12.9. The number of rotatable bonds is 9. The van der Waals surface area contributed by atoms with Gasteiger partial charge in [-0.2, -0.15) is 0 Å². The number of phenols is 1. The minimum atomic E-state index is -0.176. The standard InChI is InChI=1S/C23H27NO5/c1-16-6-4-5-7-17(16)14-21-22(26)18-8-9-20(25)19(23(18)29-21)15-24(10-12-27-2)11-13-28-3/h4-9,14,25H,10-13,15H2,1-3H3/b21-14-. The highest BCUT2D eigenvalue weighted by Gasteiger charge is 2.31. The molecule has 0 radical (unpaired) electrons. The number of allylic oxidation sites excluding steroid dienone is 1. The van der Waals surface area contributed by atoms with Crippen molar-refractivity contribution in [3.8, 4) is 11.5 Å². The molecule has 1 aliphatic rings. The van der Waals surface area contributed by atoms with Crippen LogP contribution in [-0.2, 0) is 16.0 Å². The van der Waals surface area contributed by atoms with E-state index in [1.165, 1.54) is 0 Å². The minimum absolute atomic E-state index is 0.105. The van der Waals surface area contributed by atoms with Crippen LogP contribution in [0, 0.1) is 6.92 Å². The molecule has 1 N–H and O–H groups in total. The Kier molecular flexibility index (Phi) is 7.04. The van der Waals surface area contributed by atoms with Crippen LogP contribution < -0.4 is 4.74 Å². The molecule has 0 saturated heterocycles. The Morgan fingerprint density at radius 3 is 2.41 bits per heavy atom. The normalized spacial score (nSPS) is 14.5. The lowest BCUT2D eigenvalue weighted by Gasteiger charge is -2.23. The molecule has 0 fully saturated rings. The van der Waals surface area contributed by atoms with Crippen molar-refractivity contribution < 1.29 is 24.1 Å². The maximum atomic E-state index is 12.9. The zero-order chi connectivity index (χ0) is 20.8. The fourth-order valence-corrected chi connectivity index (χ4v) is 3.27. The molecule has 6 heteroatoms. The molecule has 0 spiro atoms. The van der Waals surface area contributed by atoms with Crippen molar-refractivity contribution >= 4 is 11.9 Å². The van der Waals surface area contributed by atoms with Crippen molar-refractivity contribution in [1.29, 1.82) is 0 Å². The van der Waals surface area contributed by atoms with Crippen molar-refractivity contribution in [2.45, 2.75) is 13.5 Å². The van der Waals surface area contributed by atoms with E-state index in [2.05, 4.69) is 4.90 Å². The third-order valence-corrected chi connectivity index (χ3v) is 5.00. The monoisotopic (exact) mass is 397 g/mol. The molecule has 0 amide bonds. The number of aryl methyl sites for hydroxylation is 1. The average Bonchev–Trinajstić information content (AvgIpc) is 3.03. The topological polar surface area (TPSA) is 68.2 Å². The predicted octanol–water partition coefficient (Wildman–Crippen LogP) is 3.41. The highest BCUT2D eigenvalue weighted by Crippen LogP contribution is 2.40. The summed E-state index contributed by atoms with van der Waals surface area (Å²) in [6.45, 7) is 4.85. The molecule has 2 aromatic rings. The Hall–Kier alpha value is -2.67. The summed E-state index contributed by atoms with van der Waals surface area (Å²) in [6, 6.07) is 11.0. The molecule has 0 aliphatic carbocycles. The molecular formula is C23H27NO5. The third-order valence-electron chi connectivity index (χ3n) is 5.00. The number of benzene rings is 2. The lowest BCUT2D eigenvalue weighted by Crippen LogP contribution is -2.30. The van der Waals surface area contributed by atoms with Gasteiger partial charge in [-0.05, 0) is 36.3 Å². The van der Waals surface area contributed by atoms with Crippen LogP contribution in [0.5, 0.6) is 11.5 Å². The summed E-state index contributed by atoms with van der Waals surface area (Å²) in [5.41, 5.74) is 3.05. The van der Waals surface area contributed by atoms with Crippen molar-refractivity contribution in [3.05, 3.63) is 64.4 Å². The van der Waals surface area contributed by atoms with Crippen LogP contribution >= 0.6 is 0 Å². The van der Waals surface area contributed by atoms with Gasteiger partial charge in [-0.15, -0.1) is 0 Å². The molecule has 0 saturated carbocycles. The predicted molar refractivity (Wildman–Crippen MR) is 111 cm³/mol. The van der Waals surface area contributed by atoms with Gasteiger partial charge in [0.25, 0.3) is 0 Å². The van der Waals surface area contributed by atoms with Crippen LogP contribution in [-0.4, -0.2) is 56.3 Å². The molecule has 29 heavy (non-hydrogen) atoms. The summed E-state index contributed by atoms with van der Waals surface area (Å²) < 4.78 is 16.3. The molecule has 1 heterocycles. The van der Waals surface area contributed by atoms with Crippen LogP contribution in [0.1, 0.15) is 27.0 Å². The molecule has 0 atom stereocenters. The number of carbonyl (C=O) groups excluding carboxylic acids is 1. The lowest BCUT2D eigenvalue weighted by molar-refractivity contribution is 0.101. The van der Waals surface area contributed by atoms with E-state index in [-0.39, 0.29) is 17.3 Å². The quantitative estimate of drug-likeness (QED) is 0.654. The first-order valence-electron chi connectivity index (χ1n) is 9.60. The summed E-state index contributed by atoms with van der Waals surface area (Å²) in [5.74, 6) is 0.620. The van der Waals surface area contributed by atoms with Gasteiger partial charge in [0, 0.05) is 33.9 Å². The van der Waals surface area contributed by atoms with Gasteiger partial charge in [0.05, 0.1) is 24.3 Å². The molecule has 0 bridgehead atoms. The smallest absolute Gasteiger partial charge is 0.231 e. The van der Waals surface area contributed by atoms with Gasteiger partial charge in [-0.1, -0.05) is 24.3 Å². The summed E-state index contributed by atoms with van der Waals surface area (Å²) in [5, 5.41) is 10.5. The SMILES string of the molecule is COCCN(CCOC)Cc1c(O)ccc2c1O/C(=C\c1ccccc1C)C2=O. The number of hydrogen-bond donors (Lipinski definition) is 1. The number of aromatic hydroxyl groups is 1. The second kappa shape index (κ2) is 9.69. The second-order valence-corrected chi connectivity index (χ2v) is 7.00. The number of ketones is 1. The lowest BCUT2D eigenvalue weighted by atomic mass is 10.0.